The molecule has 1 aliphatic carbocycles. The van der Waals surface area contributed by atoms with Crippen LogP contribution in [-0.2, 0) is 0 Å². The predicted octanol–water partition coefficient (Wildman–Crippen LogP) is 3.68. The minimum atomic E-state index is 0.351. The maximum absolute atomic E-state index is 6.05. The van der Waals surface area contributed by atoms with Gasteiger partial charge in [0.1, 0.15) is 0 Å². The Morgan fingerprint density at radius 2 is 1.95 bits per heavy atom. The number of hydrogen-bond donors (Lipinski definition) is 1. The summed E-state index contributed by atoms with van der Waals surface area (Å²) in [5.74, 6) is 0.817. The van der Waals surface area contributed by atoms with E-state index >= 15 is 0 Å². The molecular weight excluding hydrogens is 232 g/mol. The van der Waals surface area contributed by atoms with Crippen molar-refractivity contribution in [1.82, 2.24) is 4.90 Å². The number of nitrogens with two attached hydrogens (primary N) is 1. The van der Waals surface area contributed by atoms with Crippen molar-refractivity contribution in [2.24, 2.45) is 5.73 Å². The van der Waals surface area contributed by atoms with Crippen molar-refractivity contribution >= 4 is 0 Å². The Bertz CT molecular complexity index is 394. The van der Waals surface area contributed by atoms with Gasteiger partial charge < -0.3 is 5.73 Å². The van der Waals surface area contributed by atoms with Crippen molar-refractivity contribution in [3.63, 3.8) is 0 Å². The molecule has 0 bridgehead atoms. The van der Waals surface area contributed by atoms with Gasteiger partial charge in [0.2, 0.25) is 0 Å². The molecule has 2 nitrogen and oxygen atoms in total. The summed E-state index contributed by atoms with van der Waals surface area (Å²) >= 11 is 0. The molecule has 2 N–H and O–H groups in total. The van der Waals surface area contributed by atoms with Crippen molar-refractivity contribution in [3.8, 4) is 0 Å². The molecule has 1 fully saturated rings. The van der Waals surface area contributed by atoms with Crippen LogP contribution in [0.25, 0.3) is 0 Å². The highest BCUT2D eigenvalue weighted by Crippen LogP contribution is 2.40. The second kappa shape index (κ2) is 6.53. The Hall–Kier alpha value is -0.860. The molecule has 2 rings (SSSR count). The maximum atomic E-state index is 6.05. The molecule has 0 saturated heterocycles. The number of likely N-dealkylation sites (N-methyl/N-ethyl adjacent to an activating group) is 1. The zero-order valence-corrected chi connectivity index (χ0v) is 12.6. The molecule has 0 heterocycles. The molecule has 106 valence electrons. The normalized spacial score (nSPS) is 17.2. The Morgan fingerprint density at radius 3 is 2.47 bits per heavy atom. The number of benzene rings is 1. The lowest BCUT2D eigenvalue weighted by Gasteiger charge is -2.34. The van der Waals surface area contributed by atoms with Crippen LogP contribution in [-0.4, -0.2) is 24.5 Å². The summed E-state index contributed by atoms with van der Waals surface area (Å²) in [5, 5.41) is 0. The molecular formula is C17H28N2. The summed E-state index contributed by atoms with van der Waals surface area (Å²) in [6, 6.07) is 10.1. The average molecular weight is 260 g/mol. The molecule has 0 amide bonds. The van der Waals surface area contributed by atoms with Crippen LogP contribution in [0.1, 0.15) is 62.6 Å². The van der Waals surface area contributed by atoms with Gasteiger partial charge in [0, 0.05) is 18.6 Å². The maximum Gasteiger partial charge on any atom is 0.0470 e. The lowest BCUT2D eigenvalue weighted by Crippen LogP contribution is -2.38. The highest BCUT2D eigenvalue weighted by Gasteiger charge is 2.25. The lowest BCUT2D eigenvalue weighted by atomic mass is 9.98. The van der Waals surface area contributed by atoms with Crippen molar-refractivity contribution in [3.05, 3.63) is 35.4 Å². The first-order valence-corrected chi connectivity index (χ1v) is 7.73. The van der Waals surface area contributed by atoms with Gasteiger partial charge in [0.05, 0.1) is 0 Å². The van der Waals surface area contributed by atoms with Crippen LogP contribution in [0.2, 0.25) is 0 Å². The fraction of sp³-hybridized carbons (Fsp3) is 0.647. The molecule has 1 aliphatic rings. The van der Waals surface area contributed by atoms with Gasteiger partial charge in [0.15, 0.2) is 0 Å². The molecule has 1 unspecified atom stereocenters. The quantitative estimate of drug-likeness (QED) is 0.810. The Morgan fingerprint density at radius 1 is 1.26 bits per heavy atom. The first-order valence-electron chi connectivity index (χ1n) is 7.73. The van der Waals surface area contributed by atoms with Crippen molar-refractivity contribution in [1.29, 1.82) is 0 Å². The largest absolute Gasteiger partial charge is 0.329 e. The van der Waals surface area contributed by atoms with Crippen LogP contribution in [0.15, 0.2) is 24.3 Å². The highest BCUT2D eigenvalue weighted by atomic mass is 15.2. The third-order valence-electron chi connectivity index (χ3n) is 4.58. The van der Waals surface area contributed by atoms with Gasteiger partial charge in [-0.05, 0) is 49.8 Å². The molecule has 2 heteroatoms. The summed E-state index contributed by atoms with van der Waals surface area (Å²) in [4.78, 5) is 2.46. The van der Waals surface area contributed by atoms with E-state index in [4.69, 9.17) is 5.73 Å². The Kier molecular flexibility index (Phi) is 5.00. The van der Waals surface area contributed by atoms with E-state index in [2.05, 4.69) is 50.1 Å². The molecule has 0 spiro atoms. The second-order valence-electron chi connectivity index (χ2n) is 5.83. The SMILES string of the molecule is CCC(CC)N(C)C(CN)c1cccc(C2CC2)c1. The molecule has 0 aliphatic heterocycles. The second-order valence-corrected chi connectivity index (χ2v) is 5.83. The summed E-state index contributed by atoms with van der Waals surface area (Å²) in [7, 11) is 2.22. The standard InChI is InChI=1S/C17H28N2/c1-4-16(5-2)19(3)17(12-18)15-8-6-7-14(11-15)13-9-10-13/h6-8,11,13,16-17H,4-5,9-10,12,18H2,1-3H3. The van der Waals surface area contributed by atoms with Gasteiger partial charge in [0.25, 0.3) is 0 Å². The third kappa shape index (κ3) is 3.37. The van der Waals surface area contributed by atoms with Crippen LogP contribution in [0.4, 0.5) is 0 Å². The van der Waals surface area contributed by atoms with Crippen molar-refractivity contribution in [2.45, 2.75) is 57.5 Å². The molecule has 1 atom stereocenters. The molecule has 19 heavy (non-hydrogen) atoms. The fourth-order valence-corrected chi connectivity index (χ4v) is 3.09. The first kappa shape index (κ1) is 14.5. The molecule has 0 aromatic heterocycles. The minimum absolute atomic E-state index is 0.351. The van der Waals surface area contributed by atoms with Gasteiger partial charge in [-0.2, -0.15) is 0 Å². The van der Waals surface area contributed by atoms with Crippen LogP contribution < -0.4 is 5.73 Å². The van der Waals surface area contributed by atoms with Gasteiger partial charge in [-0.1, -0.05) is 38.1 Å². The van der Waals surface area contributed by atoms with Crippen LogP contribution >= 0.6 is 0 Å². The summed E-state index contributed by atoms with van der Waals surface area (Å²) in [6.45, 7) is 5.22. The first-order chi connectivity index (χ1) is 9.21. The van der Waals surface area contributed by atoms with E-state index in [1.165, 1.54) is 36.8 Å². The Labute approximate surface area is 118 Å². The van der Waals surface area contributed by atoms with E-state index < -0.39 is 0 Å². The van der Waals surface area contributed by atoms with Crippen molar-refractivity contribution < 1.29 is 0 Å². The fourth-order valence-electron chi connectivity index (χ4n) is 3.09. The van der Waals surface area contributed by atoms with E-state index in [0.29, 0.717) is 18.6 Å². The van der Waals surface area contributed by atoms with E-state index in [1.54, 1.807) is 0 Å². The summed E-state index contributed by atoms with van der Waals surface area (Å²) in [5.41, 5.74) is 8.95. The van der Waals surface area contributed by atoms with Crippen LogP contribution in [0, 0.1) is 0 Å². The van der Waals surface area contributed by atoms with Gasteiger partial charge in [-0.3, -0.25) is 4.90 Å². The molecule has 1 aromatic rings. The zero-order valence-electron chi connectivity index (χ0n) is 12.6. The highest BCUT2D eigenvalue weighted by molar-refractivity contribution is 5.31. The molecule has 0 radical (unpaired) electrons. The number of nitrogens with zero attached hydrogens (tertiary/aromatic N) is 1. The van der Waals surface area contributed by atoms with Crippen LogP contribution in [0.5, 0.6) is 0 Å². The molecule has 1 saturated carbocycles. The number of hydrogen-bond acceptors (Lipinski definition) is 2. The van der Waals surface area contributed by atoms with Crippen molar-refractivity contribution in [2.75, 3.05) is 13.6 Å². The van der Waals surface area contributed by atoms with Gasteiger partial charge in [-0.25, -0.2) is 0 Å². The van der Waals surface area contributed by atoms with E-state index in [0.717, 1.165) is 5.92 Å². The van der Waals surface area contributed by atoms with E-state index in [9.17, 15) is 0 Å². The smallest absolute Gasteiger partial charge is 0.0470 e. The Balaban J connectivity index is 2.18. The van der Waals surface area contributed by atoms with Crippen LogP contribution in [0.3, 0.4) is 0 Å². The zero-order chi connectivity index (χ0) is 13.8. The average Bonchev–Trinajstić information content (AvgIpc) is 3.26. The predicted molar refractivity (Wildman–Crippen MR) is 82.3 cm³/mol. The topological polar surface area (TPSA) is 29.3 Å². The summed E-state index contributed by atoms with van der Waals surface area (Å²) < 4.78 is 0. The third-order valence-corrected chi connectivity index (χ3v) is 4.58. The van der Waals surface area contributed by atoms with E-state index in [-0.39, 0.29) is 0 Å². The lowest BCUT2D eigenvalue weighted by molar-refractivity contribution is 0.167. The summed E-state index contributed by atoms with van der Waals surface area (Å²) in [6.07, 6.45) is 5.09. The van der Waals surface area contributed by atoms with Gasteiger partial charge in [-0.15, -0.1) is 0 Å². The monoisotopic (exact) mass is 260 g/mol. The van der Waals surface area contributed by atoms with E-state index in [1.807, 2.05) is 0 Å². The van der Waals surface area contributed by atoms with Gasteiger partial charge >= 0.3 is 0 Å². The minimum Gasteiger partial charge on any atom is -0.329 e. The number of rotatable bonds is 7. The molecule has 1 aromatic carbocycles.